The molecule has 5 N–H and O–H groups in total. The molecule has 0 radical (unpaired) electrons. The number of carbonyl (C=O) groups is 2. The number of nitrogens with one attached hydrogen (secondary N) is 2. The molecule has 1 aromatic rings. The molecule has 0 bridgehead atoms. The topological polar surface area (TPSA) is 119 Å². The van der Waals surface area contributed by atoms with Crippen LogP contribution in [0.25, 0.3) is 0 Å². The zero-order valence-electron chi connectivity index (χ0n) is 11.0. The van der Waals surface area contributed by atoms with Crippen molar-refractivity contribution in [3.8, 4) is 5.75 Å². The first kappa shape index (κ1) is 15.9. The van der Waals surface area contributed by atoms with E-state index in [0.717, 1.165) is 0 Å². The Morgan fingerprint density at radius 1 is 1.25 bits per heavy atom. The number of hydrogen-bond donors (Lipinski definition) is 5. The highest BCUT2D eigenvalue weighted by Gasteiger charge is 2.21. The van der Waals surface area contributed by atoms with Gasteiger partial charge in [0.05, 0.1) is 12.5 Å². The number of phenolic OH excluding ortho intramolecular Hbond substituents is 1. The number of rotatable bonds is 7. The van der Waals surface area contributed by atoms with Gasteiger partial charge in [0.2, 0.25) is 5.91 Å². The first-order valence-corrected chi connectivity index (χ1v) is 6.11. The standard InChI is InChI=1S/C13H18N2O5/c1-8(16)7-14-11(13(19)20)6-12(18)15-9-2-4-10(17)5-3-9/h2-5,8,11,14,16-17H,6-7H2,1H3,(H,15,18)(H,19,20)/t8?,11-/m0/s1. The van der Waals surface area contributed by atoms with E-state index < -0.39 is 24.0 Å². The molecule has 0 aliphatic heterocycles. The molecule has 110 valence electrons. The fourth-order valence-electron chi connectivity index (χ4n) is 1.50. The van der Waals surface area contributed by atoms with E-state index in [1.807, 2.05) is 0 Å². The largest absolute Gasteiger partial charge is 0.508 e. The zero-order valence-corrected chi connectivity index (χ0v) is 11.0. The third-order valence-corrected chi connectivity index (χ3v) is 2.50. The van der Waals surface area contributed by atoms with Gasteiger partial charge >= 0.3 is 5.97 Å². The third kappa shape index (κ3) is 5.68. The van der Waals surface area contributed by atoms with E-state index in [0.29, 0.717) is 5.69 Å². The Morgan fingerprint density at radius 2 is 1.85 bits per heavy atom. The van der Waals surface area contributed by atoms with Crippen molar-refractivity contribution >= 4 is 17.6 Å². The van der Waals surface area contributed by atoms with Crippen LogP contribution in [0.5, 0.6) is 5.75 Å². The van der Waals surface area contributed by atoms with Crippen molar-refractivity contribution < 1.29 is 24.9 Å². The molecule has 1 aromatic carbocycles. The van der Waals surface area contributed by atoms with E-state index >= 15 is 0 Å². The molecular weight excluding hydrogens is 264 g/mol. The van der Waals surface area contributed by atoms with Crippen LogP contribution < -0.4 is 10.6 Å². The summed E-state index contributed by atoms with van der Waals surface area (Å²) in [6.45, 7) is 1.60. The van der Waals surface area contributed by atoms with Crippen LogP contribution in [0.2, 0.25) is 0 Å². The predicted molar refractivity (Wildman–Crippen MR) is 72.5 cm³/mol. The summed E-state index contributed by atoms with van der Waals surface area (Å²) in [6.07, 6.45) is -0.958. The highest BCUT2D eigenvalue weighted by molar-refractivity contribution is 5.94. The molecule has 0 aromatic heterocycles. The SMILES string of the molecule is CC(O)CN[C@@H](CC(=O)Nc1ccc(O)cc1)C(=O)O. The highest BCUT2D eigenvalue weighted by Crippen LogP contribution is 2.14. The van der Waals surface area contributed by atoms with Gasteiger partial charge in [-0.05, 0) is 31.2 Å². The fourth-order valence-corrected chi connectivity index (χ4v) is 1.50. The van der Waals surface area contributed by atoms with Gasteiger partial charge in [-0.2, -0.15) is 0 Å². The lowest BCUT2D eigenvalue weighted by molar-refractivity contribution is -0.141. The molecule has 0 fully saturated rings. The number of aromatic hydroxyl groups is 1. The van der Waals surface area contributed by atoms with E-state index in [4.69, 9.17) is 15.3 Å². The number of carboxylic acids is 1. The first-order chi connectivity index (χ1) is 9.38. The van der Waals surface area contributed by atoms with Crippen molar-refractivity contribution in [2.75, 3.05) is 11.9 Å². The Kier molecular flexibility index (Phi) is 5.95. The molecule has 1 unspecified atom stereocenters. The Morgan fingerprint density at radius 3 is 2.35 bits per heavy atom. The van der Waals surface area contributed by atoms with Gasteiger partial charge in [-0.3, -0.25) is 9.59 Å². The normalized spacial score (nSPS) is 13.5. The van der Waals surface area contributed by atoms with Crippen LogP contribution in [-0.2, 0) is 9.59 Å². The summed E-state index contributed by atoms with van der Waals surface area (Å²) in [5.41, 5.74) is 0.465. The molecular formula is C13H18N2O5. The molecule has 0 aliphatic carbocycles. The van der Waals surface area contributed by atoms with Gasteiger partial charge in [-0.25, -0.2) is 0 Å². The monoisotopic (exact) mass is 282 g/mol. The maximum Gasteiger partial charge on any atom is 0.321 e. The van der Waals surface area contributed by atoms with Gasteiger partial charge in [0.15, 0.2) is 0 Å². The summed E-state index contributed by atoms with van der Waals surface area (Å²) in [7, 11) is 0. The van der Waals surface area contributed by atoms with Crippen LogP contribution in [0.3, 0.4) is 0 Å². The smallest absolute Gasteiger partial charge is 0.321 e. The number of carbonyl (C=O) groups excluding carboxylic acids is 1. The van der Waals surface area contributed by atoms with Crippen LogP contribution in [0.4, 0.5) is 5.69 Å². The first-order valence-electron chi connectivity index (χ1n) is 6.11. The number of aliphatic hydroxyl groups excluding tert-OH is 1. The molecule has 0 saturated heterocycles. The number of carboxylic acid groups (broad SMARTS) is 1. The van der Waals surface area contributed by atoms with Crippen LogP contribution >= 0.6 is 0 Å². The Labute approximate surface area is 116 Å². The maximum absolute atomic E-state index is 11.7. The fraction of sp³-hybridized carbons (Fsp3) is 0.385. The lowest BCUT2D eigenvalue weighted by Gasteiger charge is -2.15. The highest BCUT2D eigenvalue weighted by atomic mass is 16.4. The number of aliphatic carboxylic acids is 1. The Hall–Kier alpha value is -2.12. The van der Waals surface area contributed by atoms with Crippen molar-refractivity contribution in [3.63, 3.8) is 0 Å². The van der Waals surface area contributed by atoms with Gasteiger partial charge in [-0.15, -0.1) is 0 Å². The number of phenols is 1. The average molecular weight is 282 g/mol. The van der Waals surface area contributed by atoms with Crippen molar-refractivity contribution in [1.82, 2.24) is 5.32 Å². The van der Waals surface area contributed by atoms with Crippen molar-refractivity contribution in [2.45, 2.75) is 25.5 Å². The summed E-state index contributed by atoms with van der Waals surface area (Å²) in [5, 5.41) is 32.3. The maximum atomic E-state index is 11.7. The molecule has 2 atom stereocenters. The van der Waals surface area contributed by atoms with Crippen LogP contribution in [0, 0.1) is 0 Å². The molecule has 0 aliphatic rings. The minimum atomic E-state index is -1.16. The van der Waals surface area contributed by atoms with E-state index in [-0.39, 0.29) is 18.7 Å². The summed E-state index contributed by atoms with van der Waals surface area (Å²) >= 11 is 0. The lowest BCUT2D eigenvalue weighted by atomic mass is 10.2. The quantitative estimate of drug-likeness (QED) is 0.454. The zero-order chi connectivity index (χ0) is 15.1. The van der Waals surface area contributed by atoms with Crippen LogP contribution in [0.15, 0.2) is 24.3 Å². The van der Waals surface area contributed by atoms with E-state index in [2.05, 4.69) is 10.6 Å². The van der Waals surface area contributed by atoms with Gasteiger partial charge < -0.3 is 26.0 Å². The second-order valence-corrected chi connectivity index (χ2v) is 4.45. The van der Waals surface area contributed by atoms with Crippen molar-refractivity contribution in [1.29, 1.82) is 0 Å². The molecule has 0 saturated carbocycles. The van der Waals surface area contributed by atoms with E-state index in [9.17, 15) is 9.59 Å². The van der Waals surface area contributed by atoms with Crippen molar-refractivity contribution in [2.24, 2.45) is 0 Å². The molecule has 7 heteroatoms. The van der Waals surface area contributed by atoms with E-state index in [1.165, 1.54) is 31.2 Å². The second kappa shape index (κ2) is 7.46. The predicted octanol–water partition coefficient (Wildman–Crippen LogP) is 0.144. The molecule has 20 heavy (non-hydrogen) atoms. The Bertz CT molecular complexity index is 458. The molecule has 1 rings (SSSR count). The molecule has 7 nitrogen and oxygen atoms in total. The second-order valence-electron chi connectivity index (χ2n) is 4.45. The van der Waals surface area contributed by atoms with Gasteiger partial charge in [-0.1, -0.05) is 0 Å². The third-order valence-electron chi connectivity index (χ3n) is 2.50. The number of anilines is 1. The number of benzene rings is 1. The van der Waals surface area contributed by atoms with Gasteiger partial charge in [0.25, 0.3) is 0 Å². The molecule has 0 spiro atoms. The lowest BCUT2D eigenvalue weighted by Crippen LogP contribution is -2.42. The summed E-state index contributed by atoms with van der Waals surface area (Å²) in [4.78, 5) is 22.7. The van der Waals surface area contributed by atoms with Crippen molar-refractivity contribution in [3.05, 3.63) is 24.3 Å². The molecule has 0 heterocycles. The van der Waals surface area contributed by atoms with E-state index in [1.54, 1.807) is 0 Å². The number of aliphatic hydroxyl groups is 1. The summed E-state index contributed by atoms with van der Waals surface area (Å²) in [6, 6.07) is 4.77. The summed E-state index contributed by atoms with van der Waals surface area (Å²) < 4.78 is 0. The van der Waals surface area contributed by atoms with Crippen LogP contribution in [-0.4, -0.2) is 45.9 Å². The number of amides is 1. The average Bonchev–Trinajstić information content (AvgIpc) is 2.36. The number of hydrogen-bond acceptors (Lipinski definition) is 5. The van der Waals surface area contributed by atoms with Gasteiger partial charge in [0.1, 0.15) is 11.8 Å². The minimum Gasteiger partial charge on any atom is -0.508 e. The van der Waals surface area contributed by atoms with Crippen LogP contribution in [0.1, 0.15) is 13.3 Å². The minimum absolute atomic E-state index is 0.0741. The Balaban J connectivity index is 2.53. The molecule has 1 amide bonds. The van der Waals surface area contributed by atoms with Gasteiger partial charge in [0, 0.05) is 12.2 Å². The summed E-state index contributed by atoms with van der Waals surface area (Å²) in [5.74, 6) is -1.56.